The highest BCUT2D eigenvalue weighted by molar-refractivity contribution is 7.92. The molecule has 0 spiro atoms. The maximum absolute atomic E-state index is 11.9. The van der Waals surface area contributed by atoms with Crippen LogP contribution in [0, 0.1) is 0 Å². The number of hydrogen-bond acceptors (Lipinski definition) is 4. The zero-order valence-corrected chi connectivity index (χ0v) is 13.1. The van der Waals surface area contributed by atoms with Crippen molar-refractivity contribution < 1.29 is 8.42 Å². The molecule has 0 unspecified atom stereocenters. The maximum atomic E-state index is 11.9. The predicted molar refractivity (Wildman–Crippen MR) is 83.2 cm³/mol. The molecule has 112 valence electrons. The summed E-state index contributed by atoms with van der Waals surface area (Å²) in [4.78, 5) is 2.26. The Bertz CT molecular complexity index is 551. The molecule has 2 rings (SSSR count). The van der Waals surface area contributed by atoms with Crippen molar-refractivity contribution in [2.75, 3.05) is 18.0 Å². The minimum absolute atomic E-state index is 0.230. The van der Waals surface area contributed by atoms with Crippen LogP contribution < -0.4 is 5.73 Å². The average Bonchev–Trinajstić information content (AvgIpc) is 3.20. The Morgan fingerprint density at radius 3 is 2.50 bits per heavy atom. The van der Waals surface area contributed by atoms with E-state index in [2.05, 4.69) is 4.90 Å². The molecule has 5 heteroatoms. The normalized spacial score (nSPS) is 16.0. The summed E-state index contributed by atoms with van der Waals surface area (Å²) in [7, 11) is -2.97. The number of benzene rings is 1. The lowest BCUT2D eigenvalue weighted by Crippen LogP contribution is -2.33. The van der Waals surface area contributed by atoms with Crippen molar-refractivity contribution in [2.45, 2.75) is 44.5 Å². The smallest absolute Gasteiger partial charge is 0.153 e. The number of rotatable bonds is 7. The third-order valence-electron chi connectivity index (χ3n) is 3.87. The topological polar surface area (TPSA) is 63.4 Å². The minimum Gasteiger partial charge on any atom is -0.398 e. The van der Waals surface area contributed by atoms with E-state index < -0.39 is 9.84 Å². The molecule has 1 fully saturated rings. The van der Waals surface area contributed by atoms with Gasteiger partial charge in [0.1, 0.15) is 0 Å². The van der Waals surface area contributed by atoms with E-state index in [9.17, 15) is 8.42 Å². The van der Waals surface area contributed by atoms with Gasteiger partial charge in [-0.25, -0.2) is 8.42 Å². The molecule has 0 heterocycles. The zero-order valence-electron chi connectivity index (χ0n) is 12.2. The van der Waals surface area contributed by atoms with Crippen LogP contribution in [0.4, 0.5) is 5.69 Å². The van der Waals surface area contributed by atoms with Crippen molar-refractivity contribution in [2.24, 2.45) is 0 Å². The lowest BCUT2D eigenvalue weighted by atomic mass is 10.1. The van der Waals surface area contributed by atoms with Crippen molar-refractivity contribution >= 4 is 15.5 Å². The Morgan fingerprint density at radius 1 is 1.30 bits per heavy atom. The van der Waals surface area contributed by atoms with Gasteiger partial charge in [0.25, 0.3) is 0 Å². The fourth-order valence-electron chi connectivity index (χ4n) is 2.21. The molecule has 0 saturated heterocycles. The van der Waals surface area contributed by atoms with Crippen LogP contribution in [0.5, 0.6) is 0 Å². The number of nitrogen functional groups attached to an aromatic ring is 1. The lowest BCUT2D eigenvalue weighted by molar-refractivity contribution is 0.270. The van der Waals surface area contributed by atoms with Crippen LogP contribution in [0.1, 0.15) is 32.3 Å². The van der Waals surface area contributed by atoms with Crippen molar-refractivity contribution in [3.05, 3.63) is 29.8 Å². The number of para-hydroxylation sites is 1. The molecule has 1 saturated carbocycles. The van der Waals surface area contributed by atoms with Gasteiger partial charge in [-0.15, -0.1) is 0 Å². The van der Waals surface area contributed by atoms with E-state index >= 15 is 0 Å². The van der Waals surface area contributed by atoms with Gasteiger partial charge in [-0.2, -0.15) is 0 Å². The van der Waals surface area contributed by atoms with Crippen LogP contribution in [0.15, 0.2) is 24.3 Å². The van der Waals surface area contributed by atoms with Crippen LogP contribution >= 0.6 is 0 Å². The second kappa shape index (κ2) is 6.14. The van der Waals surface area contributed by atoms with Crippen molar-refractivity contribution in [3.8, 4) is 0 Å². The largest absolute Gasteiger partial charge is 0.398 e. The number of anilines is 1. The molecule has 4 nitrogen and oxygen atoms in total. The molecular formula is C15H24N2O2S. The van der Waals surface area contributed by atoms with Gasteiger partial charge in [-0.1, -0.05) is 18.2 Å². The Kier molecular flexibility index (Phi) is 4.70. The van der Waals surface area contributed by atoms with E-state index in [0.29, 0.717) is 12.6 Å². The third-order valence-corrected chi connectivity index (χ3v) is 6.06. The Balaban J connectivity index is 2.00. The molecule has 0 aromatic heterocycles. The minimum atomic E-state index is -2.97. The molecule has 0 bridgehead atoms. The van der Waals surface area contributed by atoms with Crippen LogP contribution in [0.3, 0.4) is 0 Å². The third kappa shape index (κ3) is 3.96. The number of hydrogen-bond donors (Lipinski definition) is 1. The summed E-state index contributed by atoms with van der Waals surface area (Å²) < 4.78 is 23.9. The Labute approximate surface area is 121 Å². The van der Waals surface area contributed by atoms with E-state index in [1.54, 1.807) is 13.8 Å². The van der Waals surface area contributed by atoms with Crippen LogP contribution in [-0.4, -0.2) is 36.9 Å². The van der Waals surface area contributed by atoms with E-state index in [0.717, 1.165) is 30.6 Å². The predicted octanol–water partition coefficient (Wildman–Crippen LogP) is 2.06. The summed E-state index contributed by atoms with van der Waals surface area (Å²) in [6.07, 6.45) is 2.32. The Morgan fingerprint density at radius 2 is 1.95 bits per heavy atom. The van der Waals surface area contributed by atoms with Crippen molar-refractivity contribution in [1.29, 1.82) is 0 Å². The average molecular weight is 296 g/mol. The lowest BCUT2D eigenvalue weighted by Gasteiger charge is -2.23. The summed E-state index contributed by atoms with van der Waals surface area (Å²) in [5.41, 5.74) is 7.84. The van der Waals surface area contributed by atoms with Gasteiger partial charge in [0, 0.05) is 24.8 Å². The number of nitrogens with two attached hydrogens (primary N) is 1. The van der Waals surface area contributed by atoms with E-state index in [1.165, 1.54) is 0 Å². The number of sulfone groups is 1. The highest BCUT2D eigenvalue weighted by Crippen LogP contribution is 2.29. The van der Waals surface area contributed by atoms with Gasteiger partial charge in [-0.3, -0.25) is 4.90 Å². The van der Waals surface area contributed by atoms with Crippen LogP contribution in [-0.2, 0) is 16.4 Å². The molecule has 1 aliphatic carbocycles. The van der Waals surface area contributed by atoms with Gasteiger partial charge in [0.15, 0.2) is 9.84 Å². The molecule has 1 aromatic rings. The van der Waals surface area contributed by atoms with E-state index in [1.807, 2.05) is 24.3 Å². The molecule has 1 aromatic carbocycles. The van der Waals surface area contributed by atoms with Crippen LogP contribution in [0.2, 0.25) is 0 Å². The first-order valence-corrected chi connectivity index (χ1v) is 8.90. The van der Waals surface area contributed by atoms with Gasteiger partial charge in [-0.05, 0) is 38.3 Å². The molecule has 2 N–H and O–H groups in total. The molecule has 0 atom stereocenters. The van der Waals surface area contributed by atoms with E-state index in [-0.39, 0.29) is 11.0 Å². The summed E-state index contributed by atoms with van der Waals surface area (Å²) in [6, 6.07) is 8.33. The quantitative estimate of drug-likeness (QED) is 0.782. The first-order valence-electron chi connectivity index (χ1n) is 7.19. The number of nitrogens with zero attached hydrogens (tertiary/aromatic N) is 1. The molecule has 0 radical (unpaired) electrons. The van der Waals surface area contributed by atoms with E-state index in [4.69, 9.17) is 5.73 Å². The fraction of sp³-hybridized carbons (Fsp3) is 0.600. The molecular weight excluding hydrogens is 272 g/mol. The summed E-state index contributed by atoms with van der Waals surface area (Å²) in [5, 5.41) is -0.301. The van der Waals surface area contributed by atoms with Gasteiger partial charge < -0.3 is 5.73 Å². The molecule has 0 aliphatic heterocycles. The van der Waals surface area contributed by atoms with Gasteiger partial charge in [0.2, 0.25) is 0 Å². The summed E-state index contributed by atoms with van der Waals surface area (Å²) >= 11 is 0. The van der Waals surface area contributed by atoms with Crippen molar-refractivity contribution in [3.63, 3.8) is 0 Å². The summed E-state index contributed by atoms with van der Waals surface area (Å²) in [5.74, 6) is 0.230. The highest BCUT2D eigenvalue weighted by atomic mass is 32.2. The Hall–Kier alpha value is -1.07. The first-order chi connectivity index (χ1) is 9.40. The highest BCUT2D eigenvalue weighted by Gasteiger charge is 2.30. The monoisotopic (exact) mass is 296 g/mol. The molecule has 0 amide bonds. The summed E-state index contributed by atoms with van der Waals surface area (Å²) in [6.45, 7) is 4.82. The van der Waals surface area contributed by atoms with Gasteiger partial charge >= 0.3 is 0 Å². The zero-order chi connectivity index (χ0) is 14.8. The second-order valence-corrected chi connectivity index (χ2v) is 8.49. The van der Waals surface area contributed by atoms with Crippen molar-refractivity contribution in [1.82, 2.24) is 4.90 Å². The maximum Gasteiger partial charge on any atom is 0.153 e. The standard InChI is InChI=1S/C15H24N2O2S/c1-12(2)20(18,19)10-9-17(14-7-8-14)11-13-5-3-4-6-15(13)16/h3-6,12,14H,7-11,16H2,1-2H3. The van der Waals surface area contributed by atoms with Crippen LogP contribution in [0.25, 0.3) is 0 Å². The van der Waals surface area contributed by atoms with Gasteiger partial charge in [0.05, 0.1) is 11.0 Å². The fourth-order valence-corrected chi connectivity index (χ4v) is 3.17. The SMILES string of the molecule is CC(C)S(=O)(=O)CCN(Cc1ccccc1N)C1CC1. The molecule has 20 heavy (non-hydrogen) atoms. The molecule has 1 aliphatic rings. The first kappa shape index (κ1) is 15.3. The second-order valence-electron chi connectivity index (χ2n) is 5.82.